The lowest BCUT2D eigenvalue weighted by Gasteiger charge is -2.34. The Morgan fingerprint density at radius 2 is 2.12 bits per heavy atom. The fourth-order valence-electron chi connectivity index (χ4n) is 2.83. The molecule has 0 radical (unpaired) electrons. The van der Waals surface area contributed by atoms with E-state index in [0.29, 0.717) is 0 Å². The molecule has 16 heavy (non-hydrogen) atoms. The minimum Gasteiger partial charge on any atom is -0.316 e. The van der Waals surface area contributed by atoms with E-state index in [9.17, 15) is 4.79 Å². The molecule has 3 nitrogen and oxygen atoms in total. The molecule has 2 heterocycles. The highest BCUT2D eigenvalue weighted by atomic mass is 16.2. The SMILES string of the molecule is CC12NCCCCN1C(=O)c1ccccc12. The van der Waals surface area contributed by atoms with Crippen molar-refractivity contribution in [2.75, 3.05) is 13.1 Å². The topological polar surface area (TPSA) is 32.3 Å². The minimum atomic E-state index is -0.288. The third-order valence-electron chi connectivity index (χ3n) is 3.74. The molecule has 3 heteroatoms. The zero-order valence-corrected chi connectivity index (χ0v) is 9.49. The highest BCUT2D eigenvalue weighted by molar-refractivity contribution is 5.99. The number of benzene rings is 1. The number of amides is 1. The Morgan fingerprint density at radius 3 is 3.00 bits per heavy atom. The van der Waals surface area contributed by atoms with Crippen LogP contribution in [0.4, 0.5) is 0 Å². The van der Waals surface area contributed by atoms with Gasteiger partial charge in [-0.15, -0.1) is 0 Å². The van der Waals surface area contributed by atoms with Crippen molar-refractivity contribution in [2.24, 2.45) is 0 Å². The molecule has 1 aromatic rings. The molecule has 1 saturated heterocycles. The van der Waals surface area contributed by atoms with E-state index in [-0.39, 0.29) is 11.6 Å². The third-order valence-corrected chi connectivity index (χ3v) is 3.74. The van der Waals surface area contributed by atoms with E-state index >= 15 is 0 Å². The van der Waals surface area contributed by atoms with E-state index in [4.69, 9.17) is 0 Å². The Balaban J connectivity index is 2.16. The minimum absolute atomic E-state index is 0.174. The van der Waals surface area contributed by atoms with Gasteiger partial charge in [0.1, 0.15) is 5.66 Å². The average Bonchev–Trinajstić information content (AvgIpc) is 2.46. The number of carbonyl (C=O) groups is 1. The number of carbonyl (C=O) groups excluding carboxylic acids is 1. The molecule has 84 valence electrons. The van der Waals surface area contributed by atoms with Gasteiger partial charge in [0.2, 0.25) is 0 Å². The predicted octanol–water partition coefficient (Wildman–Crippen LogP) is 1.70. The second kappa shape index (κ2) is 3.32. The average molecular weight is 216 g/mol. The van der Waals surface area contributed by atoms with Crippen molar-refractivity contribution in [1.82, 2.24) is 10.2 Å². The largest absolute Gasteiger partial charge is 0.316 e. The van der Waals surface area contributed by atoms with E-state index in [0.717, 1.165) is 37.1 Å². The van der Waals surface area contributed by atoms with E-state index < -0.39 is 0 Å². The van der Waals surface area contributed by atoms with Gasteiger partial charge >= 0.3 is 0 Å². The van der Waals surface area contributed by atoms with Gasteiger partial charge in [0.15, 0.2) is 0 Å². The molecule has 2 aliphatic rings. The van der Waals surface area contributed by atoms with Crippen molar-refractivity contribution in [1.29, 1.82) is 0 Å². The summed E-state index contributed by atoms with van der Waals surface area (Å²) in [7, 11) is 0. The zero-order chi connectivity index (χ0) is 11.2. The van der Waals surface area contributed by atoms with Crippen LogP contribution >= 0.6 is 0 Å². The van der Waals surface area contributed by atoms with Crippen molar-refractivity contribution < 1.29 is 4.79 Å². The van der Waals surface area contributed by atoms with E-state index in [2.05, 4.69) is 18.3 Å². The summed E-state index contributed by atoms with van der Waals surface area (Å²) in [6.07, 6.45) is 2.23. The van der Waals surface area contributed by atoms with Crippen LogP contribution in [0.15, 0.2) is 24.3 Å². The molecule has 1 fully saturated rings. The Bertz CT molecular complexity index is 443. The smallest absolute Gasteiger partial charge is 0.256 e. The fourth-order valence-corrected chi connectivity index (χ4v) is 2.83. The molecule has 0 aromatic heterocycles. The summed E-state index contributed by atoms with van der Waals surface area (Å²) in [6.45, 7) is 3.95. The number of fused-ring (bicyclic) bond motifs is 3. The molecule has 1 atom stereocenters. The lowest BCUT2D eigenvalue weighted by Crippen LogP contribution is -2.50. The van der Waals surface area contributed by atoms with Crippen molar-refractivity contribution in [3.05, 3.63) is 35.4 Å². The maximum Gasteiger partial charge on any atom is 0.256 e. The predicted molar refractivity (Wildman–Crippen MR) is 62.1 cm³/mol. The fraction of sp³-hybridized carbons (Fsp3) is 0.462. The molecule has 0 spiro atoms. The first-order valence-electron chi connectivity index (χ1n) is 5.90. The first kappa shape index (κ1) is 9.85. The highest BCUT2D eigenvalue weighted by Crippen LogP contribution is 2.37. The molecule has 0 bridgehead atoms. The lowest BCUT2D eigenvalue weighted by molar-refractivity contribution is 0.0539. The van der Waals surface area contributed by atoms with Crippen molar-refractivity contribution in [2.45, 2.75) is 25.4 Å². The first-order chi connectivity index (χ1) is 7.73. The number of hydrogen-bond acceptors (Lipinski definition) is 2. The molecule has 1 amide bonds. The van der Waals surface area contributed by atoms with E-state index in [1.165, 1.54) is 0 Å². The van der Waals surface area contributed by atoms with E-state index in [1.807, 2.05) is 23.1 Å². The van der Waals surface area contributed by atoms with Gasteiger partial charge in [-0.1, -0.05) is 18.2 Å². The summed E-state index contributed by atoms with van der Waals surface area (Å²) in [4.78, 5) is 14.3. The Kier molecular flexibility index (Phi) is 2.04. The monoisotopic (exact) mass is 216 g/mol. The Hall–Kier alpha value is -1.35. The Labute approximate surface area is 95.4 Å². The molecule has 1 aromatic carbocycles. The Morgan fingerprint density at radius 1 is 1.31 bits per heavy atom. The van der Waals surface area contributed by atoms with Crippen LogP contribution in [-0.4, -0.2) is 23.9 Å². The summed E-state index contributed by atoms with van der Waals surface area (Å²) in [5.74, 6) is 0.174. The zero-order valence-electron chi connectivity index (χ0n) is 9.49. The maximum atomic E-state index is 12.3. The van der Waals surface area contributed by atoms with Crippen LogP contribution in [0.3, 0.4) is 0 Å². The maximum absolute atomic E-state index is 12.3. The second-order valence-corrected chi connectivity index (χ2v) is 4.71. The lowest BCUT2D eigenvalue weighted by atomic mass is 10.0. The van der Waals surface area contributed by atoms with E-state index in [1.54, 1.807) is 0 Å². The van der Waals surface area contributed by atoms with Crippen LogP contribution in [0, 0.1) is 0 Å². The van der Waals surface area contributed by atoms with Crippen molar-refractivity contribution in [3.8, 4) is 0 Å². The van der Waals surface area contributed by atoms with Crippen LogP contribution in [0.1, 0.15) is 35.7 Å². The highest BCUT2D eigenvalue weighted by Gasteiger charge is 2.46. The summed E-state index contributed by atoms with van der Waals surface area (Å²) < 4.78 is 0. The van der Waals surface area contributed by atoms with Crippen LogP contribution < -0.4 is 5.32 Å². The molecule has 0 aliphatic carbocycles. The van der Waals surface area contributed by atoms with Crippen LogP contribution in [0.5, 0.6) is 0 Å². The van der Waals surface area contributed by atoms with Gasteiger partial charge in [0.25, 0.3) is 5.91 Å². The van der Waals surface area contributed by atoms with Crippen LogP contribution in [0.25, 0.3) is 0 Å². The van der Waals surface area contributed by atoms with Crippen LogP contribution in [-0.2, 0) is 5.66 Å². The molecule has 2 aliphatic heterocycles. The number of nitrogens with zero attached hydrogens (tertiary/aromatic N) is 1. The second-order valence-electron chi connectivity index (χ2n) is 4.71. The molecule has 3 rings (SSSR count). The van der Waals surface area contributed by atoms with Gasteiger partial charge in [-0.25, -0.2) is 0 Å². The van der Waals surface area contributed by atoms with Gasteiger partial charge in [-0.05, 0) is 32.4 Å². The van der Waals surface area contributed by atoms with Crippen molar-refractivity contribution >= 4 is 5.91 Å². The van der Waals surface area contributed by atoms with Gasteiger partial charge < -0.3 is 4.90 Å². The third kappa shape index (κ3) is 1.15. The first-order valence-corrected chi connectivity index (χ1v) is 5.90. The van der Waals surface area contributed by atoms with Gasteiger partial charge in [-0.2, -0.15) is 0 Å². The summed E-state index contributed by atoms with van der Waals surface area (Å²) >= 11 is 0. The van der Waals surface area contributed by atoms with Crippen molar-refractivity contribution in [3.63, 3.8) is 0 Å². The molecular weight excluding hydrogens is 200 g/mol. The molecule has 1 N–H and O–H groups in total. The van der Waals surface area contributed by atoms with Gasteiger partial charge in [-0.3, -0.25) is 10.1 Å². The molecular formula is C13H16N2O. The van der Waals surface area contributed by atoms with Gasteiger partial charge in [0.05, 0.1) is 0 Å². The summed E-state index contributed by atoms with van der Waals surface area (Å²) in [6, 6.07) is 7.94. The number of hydrogen-bond donors (Lipinski definition) is 1. The quantitative estimate of drug-likeness (QED) is 0.716. The standard InChI is InChI=1S/C13H16N2O/c1-13-11-7-3-2-6-10(11)12(16)15(13)9-5-4-8-14-13/h2-3,6-7,14H,4-5,8-9H2,1H3. The molecule has 1 unspecified atom stereocenters. The normalized spacial score (nSPS) is 28.6. The number of nitrogens with one attached hydrogen (secondary N) is 1. The van der Waals surface area contributed by atoms with Gasteiger partial charge in [0, 0.05) is 17.7 Å². The summed E-state index contributed by atoms with van der Waals surface area (Å²) in [5, 5.41) is 3.51. The number of rotatable bonds is 0. The van der Waals surface area contributed by atoms with Crippen LogP contribution in [0.2, 0.25) is 0 Å². The summed E-state index contributed by atoms with van der Waals surface area (Å²) in [5.41, 5.74) is 1.70. The molecule has 0 saturated carbocycles.